The molecule has 0 unspecified atom stereocenters. The number of phenols is 2. The number of hydrogen-bond donors (Lipinski definition) is 2. The smallest absolute Gasteiger partial charge is 0.508 e. The number of aromatic hydroxyl groups is 2. The van der Waals surface area contributed by atoms with Crippen molar-refractivity contribution in [2.75, 3.05) is 0 Å². The molecule has 4 heteroatoms. The molecule has 72 valence electrons. The Hall–Kier alpha value is 0.0400. The average Bonchev–Trinajstić information content (AvgIpc) is 2.21. The molecule has 0 atom stereocenters. The normalized spacial score (nSPS) is 7.50. The number of rotatable bonds is 0. The van der Waals surface area contributed by atoms with Gasteiger partial charge in [-0.1, -0.05) is 36.4 Å². The zero-order chi connectivity index (χ0) is 10.2. The Morgan fingerprint density at radius 2 is 0.750 bits per heavy atom. The molecule has 0 heterocycles. The number of para-hydroxylation sites is 2. The molecule has 0 radical (unpaired) electrons. The third kappa shape index (κ3) is 9.28. The van der Waals surface area contributed by atoms with E-state index in [-0.39, 0.29) is 59.1 Å². The minimum absolute atomic E-state index is 0. The number of phenolic OH excluding ortho intramolecular Hbond substituents is 2. The van der Waals surface area contributed by atoms with Crippen LogP contribution in [-0.4, -0.2) is 10.2 Å². The Labute approximate surface area is 140 Å². The summed E-state index contributed by atoms with van der Waals surface area (Å²) in [6.45, 7) is 0. The van der Waals surface area contributed by atoms with Crippen molar-refractivity contribution in [3.63, 3.8) is 0 Å². The first kappa shape index (κ1) is 18.4. The first-order chi connectivity index (χ1) is 6.79. The van der Waals surface area contributed by atoms with Gasteiger partial charge in [-0.3, -0.25) is 0 Å². The molecule has 0 saturated carbocycles. The van der Waals surface area contributed by atoms with Crippen LogP contribution in [0.4, 0.5) is 0 Å². The molecule has 16 heavy (non-hydrogen) atoms. The van der Waals surface area contributed by atoms with E-state index in [0.717, 1.165) is 0 Å². The fourth-order valence-electron chi connectivity index (χ4n) is 0.856. The van der Waals surface area contributed by atoms with Crippen molar-refractivity contribution >= 4 is 0 Å². The van der Waals surface area contributed by atoms with Crippen LogP contribution >= 0.6 is 0 Å². The quantitative estimate of drug-likeness (QED) is 0.471. The Kier molecular flexibility index (Phi) is 13.3. The van der Waals surface area contributed by atoms with E-state index in [4.69, 9.17) is 10.2 Å². The largest absolute Gasteiger partial charge is 1.00 e. The maximum atomic E-state index is 8.63. The summed E-state index contributed by atoms with van der Waals surface area (Å²) < 4.78 is 0. The maximum Gasteiger partial charge on any atom is 1.00 e. The second kappa shape index (κ2) is 11.5. The van der Waals surface area contributed by atoms with Crippen LogP contribution < -0.4 is 59.1 Å². The minimum atomic E-state index is 0. The number of hydrogen-bond acceptors (Lipinski definition) is 2. The summed E-state index contributed by atoms with van der Waals surface area (Å²) in [7, 11) is 0. The molecule has 2 rings (SSSR count). The Morgan fingerprint density at radius 3 is 0.875 bits per heavy atom. The van der Waals surface area contributed by atoms with E-state index in [1.807, 2.05) is 12.1 Å². The van der Waals surface area contributed by atoms with Gasteiger partial charge in [0.1, 0.15) is 11.5 Å². The predicted octanol–water partition coefficient (Wildman–Crippen LogP) is -3.21. The third-order valence-corrected chi connectivity index (χ3v) is 1.51. The van der Waals surface area contributed by atoms with Crippen molar-refractivity contribution in [2.24, 2.45) is 0 Å². The van der Waals surface area contributed by atoms with Crippen molar-refractivity contribution in [2.45, 2.75) is 0 Å². The van der Waals surface area contributed by atoms with Crippen molar-refractivity contribution in [1.82, 2.24) is 0 Å². The summed E-state index contributed by atoms with van der Waals surface area (Å²) >= 11 is 0. The van der Waals surface area contributed by atoms with E-state index in [2.05, 4.69) is 0 Å². The molecule has 0 fully saturated rings. The van der Waals surface area contributed by atoms with Gasteiger partial charge < -0.3 is 10.2 Å². The Balaban J connectivity index is 0. The molecule has 0 aromatic heterocycles. The van der Waals surface area contributed by atoms with Crippen molar-refractivity contribution < 1.29 is 69.3 Å². The van der Waals surface area contributed by atoms with Gasteiger partial charge in [-0.15, -0.1) is 0 Å². The van der Waals surface area contributed by atoms with Gasteiger partial charge in [0, 0.05) is 0 Å². The van der Waals surface area contributed by atoms with Gasteiger partial charge in [0.25, 0.3) is 0 Å². The van der Waals surface area contributed by atoms with Crippen LogP contribution in [0.25, 0.3) is 0 Å². The van der Waals surface area contributed by atoms with Crippen molar-refractivity contribution in [1.29, 1.82) is 0 Å². The molecule has 2 aromatic carbocycles. The molecular formula is C12H12Na2O2+2. The first-order valence-corrected chi connectivity index (χ1v) is 4.27. The Bertz CT molecular complexity index is 314. The first-order valence-electron chi connectivity index (χ1n) is 4.27. The summed E-state index contributed by atoms with van der Waals surface area (Å²) in [5.41, 5.74) is 0. The summed E-state index contributed by atoms with van der Waals surface area (Å²) in [6, 6.07) is 17.4. The van der Waals surface area contributed by atoms with Crippen molar-refractivity contribution in [3.8, 4) is 11.5 Å². The molecule has 0 aliphatic rings. The van der Waals surface area contributed by atoms with E-state index in [1.54, 1.807) is 48.5 Å². The predicted molar refractivity (Wildman–Crippen MR) is 56.2 cm³/mol. The molecule has 0 bridgehead atoms. The van der Waals surface area contributed by atoms with Crippen LogP contribution in [0.15, 0.2) is 60.7 Å². The second-order valence-electron chi connectivity index (χ2n) is 2.67. The molecule has 0 aliphatic carbocycles. The van der Waals surface area contributed by atoms with Gasteiger partial charge >= 0.3 is 59.1 Å². The van der Waals surface area contributed by atoms with Gasteiger partial charge in [0.15, 0.2) is 0 Å². The Morgan fingerprint density at radius 1 is 0.500 bits per heavy atom. The topological polar surface area (TPSA) is 40.5 Å². The van der Waals surface area contributed by atoms with Gasteiger partial charge in [-0.05, 0) is 24.3 Å². The van der Waals surface area contributed by atoms with Crippen LogP contribution in [0.3, 0.4) is 0 Å². The van der Waals surface area contributed by atoms with Gasteiger partial charge in [-0.2, -0.15) is 0 Å². The summed E-state index contributed by atoms with van der Waals surface area (Å²) in [5.74, 6) is 0.644. The monoisotopic (exact) mass is 234 g/mol. The van der Waals surface area contributed by atoms with E-state index in [1.165, 1.54) is 0 Å². The molecular weight excluding hydrogens is 222 g/mol. The van der Waals surface area contributed by atoms with Crippen molar-refractivity contribution in [3.05, 3.63) is 60.7 Å². The fraction of sp³-hybridized carbons (Fsp3) is 0. The molecule has 0 aliphatic heterocycles. The average molecular weight is 234 g/mol. The van der Waals surface area contributed by atoms with E-state index >= 15 is 0 Å². The van der Waals surface area contributed by atoms with Crippen LogP contribution in [0.2, 0.25) is 0 Å². The number of benzene rings is 2. The molecule has 2 nitrogen and oxygen atoms in total. The van der Waals surface area contributed by atoms with Crippen LogP contribution in [0.1, 0.15) is 0 Å². The second-order valence-corrected chi connectivity index (χ2v) is 2.67. The van der Waals surface area contributed by atoms with Gasteiger partial charge in [0.05, 0.1) is 0 Å². The van der Waals surface area contributed by atoms with Crippen LogP contribution in [0.5, 0.6) is 11.5 Å². The molecule has 2 aromatic rings. The maximum absolute atomic E-state index is 8.63. The minimum Gasteiger partial charge on any atom is -0.508 e. The molecule has 0 amide bonds. The zero-order valence-corrected chi connectivity index (χ0v) is 13.7. The van der Waals surface area contributed by atoms with Gasteiger partial charge in [-0.25, -0.2) is 0 Å². The summed E-state index contributed by atoms with van der Waals surface area (Å²) in [5, 5.41) is 17.3. The zero-order valence-electron chi connectivity index (χ0n) is 9.67. The van der Waals surface area contributed by atoms with E-state index < -0.39 is 0 Å². The van der Waals surface area contributed by atoms with E-state index in [0.29, 0.717) is 11.5 Å². The van der Waals surface area contributed by atoms with Crippen LogP contribution in [0, 0.1) is 0 Å². The standard InChI is InChI=1S/2C6H6O.2Na/c2*7-6-4-2-1-3-5-6;;/h2*1-5,7H;;/q;;2*+1. The fourth-order valence-corrected chi connectivity index (χ4v) is 0.856. The van der Waals surface area contributed by atoms with E-state index in [9.17, 15) is 0 Å². The van der Waals surface area contributed by atoms with Gasteiger partial charge in [0.2, 0.25) is 0 Å². The molecule has 2 N–H and O–H groups in total. The summed E-state index contributed by atoms with van der Waals surface area (Å²) in [6.07, 6.45) is 0. The molecule has 0 saturated heterocycles. The molecule has 0 spiro atoms. The third-order valence-electron chi connectivity index (χ3n) is 1.51. The SMILES string of the molecule is Oc1ccccc1.Oc1ccccc1.[Na+].[Na+]. The summed E-state index contributed by atoms with van der Waals surface area (Å²) in [4.78, 5) is 0. The van der Waals surface area contributed by atoms with Crippen LogP contribution in [-0.2, 0) is 0 Å².